The van der Waals surface area contributed by atoms with Crippen molar-refractivity contribution in [2.45, 2.75) is 57.0 Å². The molecule has 3 aromatic rings. The summed E-state index contributed by atoms with van der Waals surface area (Å²) in [5.74, 6) is 1.39. The number of aromatic nitrogens is 2. The van der Waals surface area contributed by atoms with Crippen LogP contribution in [-0.4, -0.2) is 50.1 Å². The van der Waals surface area contributed by atoms with Crippen LogP contribution in [0.3, 0.4) is 0 Å². The van der Waals surface area contributed by atoms with Crippen LogP contribution in [-0.2, 0) is 29.2 Å². The van der Waals surface area contributed by atoms with Gasteiger partial charge in [-0.1, -0.05) is 25.6 Å². The molecule has 0 saturated carbocycles. The predicted molar refractivity (Wildman–Crippen MR) is 155 cm³/mol. The second kappa shape index (κ2) is 9.62. The number of benzene rings is 2. The first-order chi connectivity index (χ1) is 18.7. The highest BCUT2D eigenvalue weighted by Crippen LogP contribution is 2.51. The van der Waals surface area contributed by atoms with E-state index in [1.807, 2.05) is 18.3 Å². The summed E-state index contributed by atoms with van der Waals surface area (Å²) in [5.41, 5.74) is 11.6. The standard InChI is InChI=1S/C29H31FN6O2S.CH4/c1-39(37,38)23-9-3-8-22-19(23)6-4-12-36(22)28-26-21(16-33-28)34-24(17-32-26)35-13-10-29(11-14-35)15-18-5-2-7-20(30)25(18)27(29)31;/h2-3,5,7-9,17,27H,4,6,10-16,31H2,1H3;1H4/t27-;/m1./s1. The van der Waals surface area contributed by atoms with Crippen molar-refractivity contribution in [2.75, 3.05) is 35.7 Å². The van der Waals surface area contributed by atoms with Crippen LogP contribution in [0.25, 0.3) is 0 Å². The molecular formula is C30H35FN6O2S. The zero-order valence-electron chi connectivity index (χ0n) is 21.9. The summed E-state index contributed by atoms with van der Waals surface area (Å²) in [6.45, 7) is 2.77. The molecule has 40 heavy (non-hydrogen) atoms. The lowest BCUT2D eigenvalue weighted by atomic mass is 9.73. The van der Waals surface area contributed by atoms with Gasteiger partial charge in [-0.15, -0.1) is 0 Å². The fraction of sp³-hybridized carbons (Fsp3) is 0.433. The largest absolute Gasteiger partial charge is 0.355 e. The minimum absolute atomic E-state index is 0. The summed E-state index contributed by atoms with van der Waals surface area (Å²) < 4.78 is 39.3. The van der Waals surface area contributed by atoms with Crippen LogP contribution in [0.4, 0.5) is 15.9 Å². The Morgan fingerprint density at radius 3 is 2.62 bits per heavy atom. The van der Waals surface area contributed by atoms with Crippen molar-refractivity contribution >= 4 is 27.2 Å². The minimum atomic E-state index is -3.33. The van der Waals surface area contributed by atoms with E-state index in [2.05, 4.69) is 9.80 Å². The van der Waals surface area contributed by atoms with E-state index in [0.717, 1.165) is 91.6 Å². The molecule has 210 valence electrons. The van der Waals surface area contributed by atoms with Crippen molar-refractivity contribution in [3.05, 3.63) is 76.5 Å². The monoisotopic (exact) mass is 562 g/mol. The highest BCUT2D eigenvalue weighted by molar-refractivity contribution is 7.90. The summed E-state index contributed by atoms with van der Waals surface area (Å²) in [6.07, 6.45) is 7.20. The number of rotatable bonds is 2. The molecule has 1 fully saturated rings. The molecule has 2 N–H and O–H groups in total. The Hall–Kier alpha value is -3.37. The number of amidine groups is 1. The lowest BCUT2D eigenvalue weighted by Gasteiger charge is -2.42. The number of halogens is 1. The van der Waals surface area contributed by atoms with Crippen LogP contribution in [0.1, 0.15) is 60.8 Å². The van der Waals surface area contributed by atoms with Gasteiger partial charge in [0.05, 0.1) is 23.3 Å². The maximum Gasteiger partial charge on any atom is 0.175 e. The minimum Gasteiger partial charge on any atom is -0.355 e. The SMILES string of the molecule is C.CS(=O)(=O)c1cccc2c1CCCN2C1=NCc2nc(N3CCC4(CC3)Cc3cccc(F)c3[C@H]4N)cnc21. The van der Waals surface area contributed by atoms with Gasteiger partial charge in [0, 0.05) is 43.2 Å². The number of hydrogen-bond acceptors (Lipinski definition) is 8. The molecule has 8 nitrogen and oxygen atoms in total. The molecule has 7 rings (SSSR count). The van der Waals surface area contributed by atoms with Crippen LogP contribution in [0.15, 0.2) is 52.5 Å². The van der Waals surface area contributed by atoms with Crippen molar-refractivity contribution in [2.24, 2.45) is 16.1 Å². The van der Waals surface area contributed by atoms with Crippen molar-refractivity contribution in [3.63, 3.8) is 0 Å². The number of piperidine rings is 1. The van der Waals surface area contributed by atoms with Gasteiger partial charge in [0.1, 0.15) is 17.3 Å². The maximum absolute atomic E-state index is 14.5. The molecule has 4 aliphatic rings. The van der Waals surface area contributed by atoms with Gasteiger partial charge in [0.2, 0.25) is 0 Å². The Labute approximate surface area is 235 Å². The molecule has 0 radical (unpaired) electrons. The average molecular weight is 563 g/mol. The molecule has 4 heterocycles. The average Bonchev–Trinajstić information content (AvgIpc) is 3.47. The van der Waals surface area contributed by atoms with E-state index < -0.39 is 9.84 Å². The molecule has 0 amide bonds. The Kier molecular flexibility index (Phi) is 6.46. The van der Waals surface area contributed by atoms with E-state index in [1.165, 1.54) is 12.3 Å². The quantitative estimate of drug-likeness (QED) is 0.499. The fourth-order valence-corrected chi connectivity index (χ4v) is 7.99. The van der Waals surface area contributed by atoms with Gasteiger partial charge in [-0.2, -0.15) is 0 Å². The Balaban J connectivity index is 0.00000289. The zero-order chi connectivity index (χ0) is 26.9. The molecule has 1 atom stereocenters. The van der Waals surface area contributed by atoms with Crippen molar-refractivity contribution < 1.29 is 12.8 Å². The van der Waals surface area contributed by atoms with Crippen LogP contribution >= 0.6 is 0 Å². The summed E-state index contributed by atoms with van der Waals surface area (Å²) in [5, 5.41) is 0. The molecular weight excluding hydrogens is 527 g/mol. The fourth-order valence-electron chi connectivity index (χ4n) is 7.01. The smallest absolute Gasteiger partial charge is 0.175 e. The number of sulfone groups is 1. The normalized spacial score (nSPS) is 21.0. The van der Waals surface area contributed by atoms with E-state index in [1.54, 1.807) is 18.2 Å². The number of hydrogen-bond donors (Lipinski definition) is 1. The summed E-state index contributed by atoms with van der Waals surface area (Å²) in [4.78, 5) is 19.3. The third-order valence-corrected chi connectivity index (χ3v) is 10.2. The highest BCUT2D eigenvalue weighted by Gasteiger charge is 2.47. The molecule has 0 unspecified atom stereocenters. The molecule has 1 saturated heterocycles. The number of fused-ring (bicyclic) bond motifs is 3. The lowest BCUT2D eigenvalue weighted by Crippen LogP contribution is -2.44. The number of aliphatic imine (C=N–C) groups is 1. The van der Waals surface area contributed by atoms with Crippen LogP contribution < -0.4 is 15.5 Å². The third-order valence-electron chi connectivity index (χ3n) is 9.02. The lowest BCUT2D eigenvalue weighted by molar-refractivity contribution is 0.185. The van der Waals surface area contributed by atoms with E-state index in [-0.39, 0.29) is 24.7 Å². The first-order valence-electron chi connectivity index (χ1n) is 13.5. The Bertz CT molecular complexity index is 1630. The summed E-state index contributed by atoms with van der Waals surface area (Å²) >= 11 is 0. The third kappa shape index (κ3) is 4.11. The molecule has 3 aliphatic heterocycles. The summed E-state index contributed by atoms with van der Waals surface area (Å²) in [7, 11) is -3.33. The van der Waals surface area contributed by atoms with Crippen molar-refractivity contribution in [1.29, 1.82) is 0 Å². The first-order valence-corrected chi connectivity index (χ1v) is 15.4. The van der Waals surface area contributed by atoms with Crippen molar-refractivity contribution in [3.8, 4) is 0 Å². The van der Waals surface area contributed by atoms with Gasteiger partial charge in [-0.3, -0.25) is 4.99 Å². The van der Waals surface area contributed by atoms with Crippen LogP contribution in [0.2, 0.25) is 0 Å². The predicted octanol–water partition coefficient (Wildman–Crippen LogP) is 4.21. The molecule has 0 bridgehead atoms. The second-order valence-electron chi connectivity index (χ2n) is 11.3. The highest BCUT2D eigenvalue weighted by atomic mass is 32.2. The molecule has 1 aliphatic carbocycles. The van der Waals surface area contributed by atoms with Crippen LogP contribution in [0.5, 0.6) is 0 Å². The van der Waals surface area contributed by atoms with Gasteiger partial charge in [0.15, 0.2) is 15.7 Å². The molecule has 2 aromatic carbocycles. The van der Waals surface area contributed by atoms with Gasteiger partial charge < -0.3 is 15.5 Å². The van der Waals surface area contributed by atoms with Gasteiger partial charge in [-0.05, 0) is 66.8 Å². The van der Waals surface area contributed by atoms with E-state index in [0.29, 0.717) is 17.0 Å². The van der Waals surface area contributed by atoms with Crippen LogP contribution in [0, 0.1) is 11.2 Å². The van der Waals surface area contributed by atoms with E-state index in [4.69, 9.17) is 20.7 Å². The Morgan fingerprint density at radius 2 is 1.88 bits per heavy atom. The number of nitrogens with zero attached hydrogens (tertiary/aromatic N) is 5. The molecule has 10 heteroatoms. The topological polar surface area (TPSA) is 105 Å². The van der Waals surface area contributed by atoms with Crippen molar-refractivity contribution in [1.82, 2.24) is 9.97 Å². The van der Waals surface area contributed by atoms with Gasteiger partial charge in [-0.25, -0.2) is 22.8 Å². The summed E-state index contributed by atoms with van der Waals surface area (Å²) in [6, 6.07) is 10.5. The maximum atomic E-state index is 14.5. The first kappa shape index (κ1) is 26.8. The molecule has 1 aromatic heterocycles. The number of nitrogens with two attached hydrogens (primary N) is 1. The zero-order valence-corrected chi connectivity index (χ0v) is 22.7. The second-order valence-corrected chi connectivity index (χ2v) is 13.2. The molecule has 1 spiro atoms. The van der Waals surface area contributed by atoms with Gasteiger partial charge in [0.25, 0.3) is 0 Å². The Morgan fingerprint density at radius 1 is 1.10 bits per heavy atom. The van der Waals surface area contributed by atoms with E-state index >= 15 is 0 Å². The van der Waals surface area contributed by atoms with E-state index in [9.17, 15) is 12.8 Å². The van der Waals surface area contributed by atoms with Gasteiger partial charge >= 0.3 is 0 Å². The number of anilines is 2.